The summed E-state index contributed by atoms with van der Waals surface area (Å²) in [5, 5.41) is 3.61. The van der Waals surface area contributed by atoms with E-state index in [2.05, 4.69) is 17.1 Å². The molecule has 0 radical (unpaired) electrons. The second-order valence-corrected chi connectivity index (χ2v) is 8.38. The molecule has 2 aromatic carbocycles. The van der Waals surface area contributed by atoms with E-state index in [0.717, 1.165) is 38.0 Å². The van der Waals surface area contributed by atoms with Crippen molar-refractivity contribution in [2.24, 2.45) is 0 Å². The number of carbonyl (C=O) groups excluding carboxylic acids is 1. The van der Waals surface area contributed by atoms with Gasteiger partial charge in [0.1, 0.15) is 5.76 Å². The Bertz CT molecular complexity index is 1110. The molecule has 162 valence electrons. The lowest BCUT2D eigenvalue weighted by Gasteiger charge is -2.32. The lowest BCUT2D eigenvalue weighted by molar-refractivity contribution is 0.0911. The Morgan fingerprint density at radius 2 is 1.84 bits per heavy atom. The fourth-order valence-electron chi connectivity index (χ4n) is 4.30. The molecule has 0 saturated carbocycles. The van der Waals surface area contributed by atoms with Crippen molar-refractivity contribution in [2.45, 2.75) is 45.6 Å². The Morgan fingerprint density at radius 1 is 1.10 bits per heavy atom. The molecule has 31 heavy (non-hydrogen) atoms. The number of nitrogens with zero attached hydrogens (tertiary/aromatic N) is 1. The average Bonchev–Trinajstić information content (AvgIpc) is 2.81. The summed E-state index contributed by atoms with van der Waals surface area (Å²) in [7, 11) is 0. The molecule has 1 aromatic heterocycles. The van der Waals surface area contributed by atoms with Gasteiger partial charge in [-0.15, -0.1) is 0 Å². The van der Waals surface area contributed by atoms with Crippen LogP contribution in [0.2, 0.25) is 0 Å². The summed E-state index contributed by atoms with van der Waals surface area (Å²) in [4.78, 5) is 28.6. The summed E-state index contributed by atoms with van der Waals surface area (Å²) in [6.07, 6.45) is 4.31. The molecule has 1 aliphatic rings. The molecule has 1 N–H and O–H groups in total. The summed E-state index contributed by atoms with van der Waals surface area (Å²) >= 11 is 0. The van der Waals surface area contributed by atoms with Crippen LogP contribution in [0.15, 0.2) is 57.7 Å². The molecule has 4 rings (SSSR count). The first-order valence-electron chi connectivity index (χ1n) is 11.2. The third kappa shape index (κ3) is 4.57. The van der Waals surface area contributed by atoms with Gasteiger partial charge in [-0.05, 0) is 44.9 Å². The average molecular weight is 419 g/mol. The Balaban J connectivity index is 1.60. The molecule has 0 atom stereocenters. The number of para-hydroxylation sites is 1. The summed E-state index contributed by atoms with van der Waals surface area (Å²) in [6, 6.07) is 14.9. The largest absolute Gasteiger partial charge is 0.455 e. The zero-order valence-electron chi connectivity index (χ0n) is 18.3. The Kier molecular flexibility index (Phi) is 6.52. The van der Waals surface area contributed by atoms with Crippen molar-refractivity contribution >= 4 is 16.9 Å². The lowest BCUT2D eigenvalue weighted by atomic mass is 10.0. The normalized spacial score (nSPS) is 15.3. The minimum absolute atomic E-state index is 0.0982. The number of piperidine rings is 1. The first kappa shape index (κ1) is 21.3. The Hall–Kier alpha value is -2.92. The highest BCUT2D eigenvalue weighted by Crippen LogP contribution is 2.27. The minimum Gasteiger partial charge on any atom is -0.455 e. The molecule has 5 heteroatoms. The van der Waals surface area contributed by atoms with Crippen molar-refractivity contribution in [2.75, 3.05) is 19.6 Å². The number of likely N-dealkylation sites (tertiary alicyclic amines) is 1. The maximum atomic E-state index is 13.1. The fraction of sp³-hybridized carbons (Fsp3) is 0.385. The number of carbonyl (C=O) groups is 1. The van der Waals surface area contributed by atoms with Gasteiger partial charge in [-0.1, -0.05) is 49.7 Å². The van der Waals surface area contributed by atoms with Gasteiger partial charge in [0, 0.05) is 30.3 Å². The quantitative estimate of drug-likeness (QED) is 0.627. The van der Waals surface area contributed by atoms with E-state index in [-0.39, 0.29) is 17.4 Å². The predicted octanol–water partition coefficient (Wildman–Crippen LogP) is 4.76. The molecule has 0 unspecified atom stereocenters. The monoisotopic (exact) mass is 418 g/mol. The van der Waals surface area contributed by atoms with E-state index in [9.17, 15) is 9.59 Å². The second-order valence-electron chi connectivity index (χ2n) is 8.38. The van der Waals surface area contributed by atoms with Crippen LogP contribution in [0, 0.1) is 6.92 Å². The van der Waals surface area contributed by atoms with E-state index in [1.54, 1.807) is 25.1 Å². The highest BCUT2D eigenvalue weighted by molar-refractivity contribution is 6.05. The van der Waals surface area contributed by atoms with Crippen molar-refractivity contribution in [1.82, 2.24) is 10.2 Å². The highest BCUT2D eigenvalue weighted by atomic mass is 16.3. The topological polar surface area (TPSA) is 62.6 Å². The lowest BCUT2D eigenvalue weighted by Crippen LogP contribution is -2.44. The van der Waals surface area contributed by atoms with Crippen LogP contribution in [0.25, 0.3) is 22.3 Å². The zero-order valence-corrected chi connectivity index (χ0v) is 18.3. The number of amides is 1. The van der Waals surface area contributed by atoms with E-state index < -0.39 is 0 Å². The van der Waals surface area contributed by atoms with E-state index >= 15 is 0 Å². The van der Waals surface area contributed by atoms with Crippen molar-refractivity contribution in [3.8, 4) is 11.3 Å². The number of hydrogen-bond acceptors (Lipinski definition) is 4. The molecular formula is C26H30N2O3. The summed E-state index contributed by atoms with van der Waals surface area (Å²) in [5.74, 6) is 0.339. The fourth-order valence-corrected chi connectivity index (χ4v) is 4.30. The van der Waals surface area contributed by atoms with Crippen LogP contribution < -0.4 is 10.7 Å². The highest BCUT2D eigenvalue weighted by Gasteiger charge is 2.23. The number of nitrogens with one attached hydrogen (secondary N) is 1. The maximum Gasteiger partial charge on any atom is 0.255 e. The predicted molar refractivity (Wildman–Crippen MR) is 124 cm³/mol. The van der Waals surface area contributed by atoms with E-state index in [1.165, 1.54) is 12.8 Å². The molecule has 1 amide bonds. The first-order valence-corrected chi connectivity index (χ1v) is 11.2. The molecule has 5 nitrogen and oxygen atoms in total. The first-order chi connectivity index (χ1) is 15.1. The smallest absolute Gasteiger partial charge is 0.255 e. The van der Waals surface area contributed by atoms with Gasteiger partial charge in [0.05, 0.1) is 10.9 Å². The van der Waals surface area contributed by atoms with Crippen molar-refractivity contribution in [3.63, 3.8) is 0 Å². The summed E-state index contributed by atoms with van der Waals surface area (Å²) in [5.41, 5.74) is 2.05. The summed E-state index contributed by atoms with van der Waals surface area (Å²) in [6.45, 7) is 7.12. The van der Waals surface area contributed by atoms with Gasteiger partial charge in [0.25, 0.3) is 5.91 Å². The Labute approximate surface area is 183 Å². The van der Waals surface area contributed by atoms with Crippen LogP contribution in [-0.2, 0) is 0 Å². The molecule has 0 spiro atoms. The second kappa shape index (κ2) is 9.48. The molecule has 0 aliphatic carbocycles. The standard InChI is InChI=1S/C26H30N2O3/c1-3-4-15-28-16-13-20(14-17-28)27-26(30)22-12-8-11-21-23(29)18(2)24(31-25(21)22)19-9-6-5-7-10-19/h5-12,20H,3-4,13-17H2,1-2H3,(H,27,30). The molecule has 1 fully saturated rings. The van der Waals surface area contributed by atoms with Gasteiger partial charge in [0.15, 0.2) is 11.0 Å². The molecule has 1 aliphatic heterocycles. The van der Waals surface area contributed by atoms with Crippen LogP contribution in [-0.4, -0.2) is 36.5 Å². The van der Waals surface area contributed by atoms with Crippen LogP contribution in [0.1, 0.15) is 48.5 Å². The third-order valence-electron chi connectivity index (χ3n) is 6.18. The number of benzene rings is 2. The maximum absolute atomic E-state index is 13.1. The van der Waals surface area contributed by atoms with E-state index in [1.807, 2.05) is 30.3 Å². The van der Waals surface area contributed by atoms with Crippen LogP contribution in [0.3, 0.4) is 0 Å². The minimum atomic E-state index is -0.177. The van der Waals surface area contributed by atoms with Gasteiger partial charge in [0.2, 0.25) is 0 Å². The van der Waals surface area contributed by atoms with Gasteiger partial charge < -0.3 is 14.6 Å². The van der Waals surface area contributed by atoms with Crippen LogP contribution in [0.5, 0.6) is 0 Å². The van der Waals surface area contributed by atoms with Gasteiger partial charge in [-0.25, -0.2) is 0 Å². The molecule has 0 bridgehead atoms. The number of hydrogen-bond donors (Lipinski definition) is 1. The Morgan fingerprint density at radius 3 is 2.55 bits per heavy atom. The van der Waals surface area contributed by atoms with Crippen molar-refractivity contribution in [1.29, 1.82) is 0 Å². The van der Waals surface area contributed by atoms with Crippen molar-refractivity contribution in [3.05, 3.63) is 69.9 Å². The number of fused-ring (bicyclic) bond motifs is 1. The zero-order chi connectivity index (χ0) is 21.8. The third-order valence-corrected chi connectivity index (χ3v) is 6.18. The van der Waals surface area contributed by atoms with E-state index in [4.69, 9.17) is 4.42 Å². The van der Waals surface area contributed by atoms with Crippen molar-refractivity contribution < 1.29 is 9.21 Å². The molecule has 3 aromatic rings. The van der Waals surface area contributed by atoms with Crippen LogP contribution >= 0.6 is 0 Å². The van der Waals surface area contributed by atoms with Gasteiger partial charge in [-0.2, -0.15) is 0 Å². The number of unbranched alkanes of at least 4 members (excludes halogenated alkanes) is 1. The van der Waals surface area contributed by atoms with E-state index in [0.29, 0.717) is 27.9 Å². The summed E-state index contributed by atoms with van der Waals surface area (Å²) < 4.78 is 6.19. The van der Waals surface area contributed by atoms with Crippen LogP contribution in [0.4, 0.5) is 0 Å². The molecule has 2 heterocycles. The molecular weight excluding hydrogens is 388 g/mol. The number of rotatable bonds is 6. The van der Waals surface area contributed by atoms with Gasteiger partial charge >= 0.3 is 0 Å². The SMILES string of the molecule is CCCCN1CCC(NC(=O)c2cccc3c(=O)c(C)c(-c4ccccc4)oc23)CC1. The molecule has 1 saturated heterocycles. The van der Waals surface area contributed by atoms with Gasteiger partial charge in [-0.3, -0.25) is 9.59 Å².